The van der Waals surface area contributed by atoms with Crippen molar-refractivity contribution in [1.82, 2.24) is 19.7 Å². The van der Waals surface area contributed by atoms with E-state index in [4.69, 9.17) is 10.5 Å². The molecule has 0 saturated heterocycles. The van der Waals surface area contributed by atoms with Crippen molar-refractivity contribution in [3.8, 4) is 11.3 Å². The highest BCUT2D eigenvalue weighted by Crippen LogP contribution is 2.33. The van der Waals surface area contributed by atoms with Gasteiger partial charge in [-0.1, -0.05) is 30.3 Å². The Labute approximate surface area is 171 Å². The van der Waals surface area contributed by atoms with Crippen molar-refractivity contribution in [2.45, 2.75) is 6.54 Å². The smallest absolute Gasteiger partial charge is 0.225 e. The standard InChI is InChI=1S/C21H20F2N6O/c1-30-10-9-25-21-26-18(15-8-7-14(22)11-16(15)23)17-19(24)29(28-20(17)27-21)12-13-5-3-2-4-6-13/h2-8,11H,9-10,12,24H2,1H3,(H,25,27,28). The lowest BCUT2D eigenvalue weighted by molar-refractivity contribution is 0.210. The number of anilines is 2. The molecule has 0 aliphatic rings. The summed E-state index contributed by atoms with van der Waals surface area (Å²) in [6.07, 6.45) is 0. The molecule has 2 aromatic carbocycles. The Morgan fingerprint density at radius 1 is 1.10 bits per heavy atom. The second-order valence-electron chi connectivity index (χ2n) is 6.67. The minimum atomic E-state index is -0.743. The highest BCUT2D eigenvalue weighted by atomic mass is 19.1. The monoisotopic (exact) mass is 410 g/mol. The van der Waals surface area contributed by atoms with E-state index in [2.05, 4.69) is 20.4 Å². The van der Waals surface area contributed by atoms with Crippen LogP contribution in [-0.2, 0) is 11.3 Å². The fourth-order valence-electron chi connectivity index (χ4n) is 3.15. The van der Waals surface area contributed by atoms with E-state index >= 15 is 0 Å². The number of aromatic nitrogens is 4. The summed E-state index contributed by atoms with van der Waals surface area (Å²) in [5.41, 5.74) is 8.04. The molecule has 4 rings (SSSR count). The topological polar surface area (TPSA) is 90.9 Å². The summed E-state index contributed by atoms with van der Waals surface area (Å²) in [5, 5.41) is 7.94. The quantitative estimate of drug-likeness (QED) is 0.454. The van der Waals surface area contributed by atoms with Crippen LogP contribution in [0.4, 0.5) is 20.5 Å². The van der Waals surface area contributed by atoms with Gasteiger partial charge in [-0.15, -0.1) is 5.10 Å². The zero-order chi connectivity index (χ0) is 21.1. The second-order valence-corrected chi connectivity index (χ2v) is 6.67. The largest absolute Gasteiger partial charge is 0.383 e. The molecule has 4 aromatic rings. The van der Waals surface area contributed by atoms with E-state index in [1.807, 2.05) is 30.3 Å². The van der Waals surface area contributed by atoms with Gasteiger partial charge in [0.2, 0.25) is 5.95 Å². The molecule has 0 aliphatic carbocycles. The molecule has 7 nitrogen and oxygen atoms in total. The SMILES string of the molecule is COCCNc1nc(-c2ccc(F)cc2F)c2c(N)n(Cc3ccccc3)nc2n1. The molecule has 0 spiro atoms. The van der Waals surface area contributed by atoms with Crippen molar-refractivity contribution in [2.24, 2.45) is 0 Å². The third-order valence-electron chi connectivity index (χ3n) is 4.59. The van der Waals surface area contributed by atoms with Gasteiger partial charge in [0.15, 0.2) is 5.65 Å². The molecule has 2 aromatic heterocycles. The van der Waals surface area contributed by atoms with Crippen molar-refractivity contribution < 1.29 is 13.5 Å². The number of nitrogens with two attached hydrogens (primary N) is 1. The van der Waals surface area contributed by atoms with Crippen LogP contribution in [0, 0.1) is 11.6 Å². The maximum absolute atomic E-state index is 14.6. The van der Waals surface area contributed by atoms with Crippen LogP contribution in [0.2, 0.25) is 0 Å². The number of fused-ring (bicyclic) bond motifs is 1. The maximum atomic E-state index is 14.6. The summed E-state index contributed by atoms with van der Waals surface area (Å²) in [6, 6.07) is 13.0. The van der Waals surface area contributed by atoms with Crippen LogP contribution < -0.4 is 11.1 Å². The van der Waals surface area contributed by atoms with E-state index in [0.717, 1.165) is 11.6 Å². The van der Waals surface area contributed by atoms with Gasteiger partial charge in [0.05, 0.1) is 24.2 Å². The molecule has 3 N–H and O–H groups in total. The number of halogens is 2. The lowest BCUT2D eigenvalue weighted by atomic mass is 10.1. The molecule has 0 saturated carbocycles. The maximum Gasteiger partial charge on any atom is 0.225 e. The first-order chi connectivity index (χ1) is 14.6. The molecule has 0 aliphatic heterocycles. The Morgan fingerprint density at radius 2 is 1.90 bits per heavy atom. The van der Waals surface area contributed by atoms with Crippen LogP contribution in [0.1, 0.15) is 5.56 Å². The molecule has 0 unspecified atom stereocenters. The number of nitrogens with zero attached hydrogens (tertiary/aromatic N) is 4. The van der Waals surface area contributed by atoms with Gasteiger partial charge in [0.25, 0.3) is 0 Å². The number of benzene rings is 2. The van der Waals surface area contributed by atoms with E-state index in [1.54, 1.807) is 11.8 Å². The van der Waals surface area contributed by atoms with Crippen LogP contribution in [-0.4, -0.2) is 40.0 Å². The lowest BCUT2D eigenvalue weighted by Gasteiger charge is -2.09. The Bertz CT molecular complexity index is 1180. The number of methoxy groups -OCH3 is 1. The summed E-state index contributed by atoms with van der Waals surface area (Å²) < 4.78 is 34.7. The normalized spacial score (nSPS) is 11.2. The number of hydrogen-bond acceptors (Lipinski definition) is 6. The van der Waals surface area contributed by atoms with E-state index in [1.165, 1.54) is 12.1 Å². The van der Waals surface area contributed by atoms with E-state index in [0.29, 0.717) is 36.5 Å². The van der Waals surface area contributed by atoms with Gasteiger partial charge in [-0.2, -0.15) is 4.98 Å². The van der Waals surface area contributed by atoms with Gasteiger partial charge in [-0.25, -0.2) is 18.4 Å². The lowest BCUT2D eigenvalue weighted by Crippen LogP contribution is -2.11. The summed E-state index contributed by atoms with van der Waals surface area (Å²) in [5.74, 6) is -0.862. The molecular formula is C21H20F2N6O. The number of nitrogen functional groups attached to an aromatic ring is 1. The summed E-state index contributed by atoms with van der Waals surface area (Å²) in [7, 11) is 1.58. The Kier molecular flexibility index (Phi) is 5.53. The zero-order valence-corrected chi connectivity index (χ0v) is 16.3. The van der Waals surface area contributed by atoms with Crippen molar-refractivity contribution in [2.75, 3.05) is 31.3 Å². The van der Waals surface area contributed by atoms with Crippen LogP contribution >= 0.6 is 0 Å². The first kappa shape index (κ1) is 19.7. The van der Waals surface area contributed by atoms with Gasteiger partial charge in [-0.3, -0.25) is 0 Å². The predicted octanol–water partition coefficient (Wildman–Crippen LogP) is 3.46. The highest BCUT2D eigenvalue weighted by molar-refractivity contribution is 5.99. The fourth-order valence-corrected chi connectivity index (χ4v) is 3.15. The molecule has 0 radical (unpaired) electrons. The minimum Gasteiger partial charge on any atom is -0.383 e. The number of ether oxygens (including phenoxy) is 1. The average molecular weight is 410 g/mol. The van der Waals surface area contributed by atoms with Gasteiger partial charge in [-0.05, 0) is 17.7 Å². The Morgan fingerprint density at radius 3 is 2.63 bits per heavy atom. The van der Waals surface area contributed by atoms with Crippen molar-refractivity contribution >= 4 is 22.8 Å². The first-order valence-corrected chi connectivity index (χ1v) is 9.33. The third-order valence-corrected chi connectivity index (χ3v) is 4.59. The Balaban J connectivity index is 1.86. The van der Waals surface area contributed by atoms with Crippen LogP contribution in [0.3, 0.4) is 0 Å². The average Bonchev–Trinajstić information content (AvgIpc) is 3.04. The molecule has 154 valence electrons. The molecule has 0 amide bonds. The fraction of sp³-hybridized carbons (Fsp3) is 0.190. The van der Waals surface area contributed by atoms with E-state index in [9.17, 15) is 8.78 Å². The van der Waals surface area contributed by atoms with Crippen molar-refractivity contribution in [1.29, 1.82) is 0 Å². The van der Waals surface area contributed by atoms with E-state index in [-0.39, 0.29) is 17.2 Å². The van der Waals surface area contributed by atoms with Crippen molar-refractivity contribution in [3.05, 3.63) is 65.7 Å². The second kappa shape index (κ2) is 8.42. The summed E-state index contributed by atoms with van der Waals surface area (Å²) in [6.45, 7) is 1.31. The third kappa shape index (κ3) is 3.92. The zero-order valence-electron chi connectivity index (χ0n) is 16.3. The van der Waals surface area contributed by atoms with Gasteiger partial charge >= 0.3 is 0 Å². The highest BCUT2D eigenvalue weighted by Gasteiger charge is 2.20. The van der Waals surface area contributed by atoms with Crippen LogP contribution in [0.5, 0.6) is 0 Å². The Hall–Kier alpha value is -3.59. The molecule has 9 heteroatoms. The summed E-state index contributed by atoms with van der Waals surface area (Å²) >= 11 is 0. The van der Waals surface area contributed by atoms with Gasteiger partial charge in [0, 0.05) is 25.3 Å². The van der Waals surface area contributed by atoms with E-state index < -0.39 is 11.6 Å². The summed E-state index contributed by atoms with van der Waals surface area (Å²) in [4.78, 5) is 8.86. The minimum absolute atomic E-state index is 0.115. The first-order valence-electron chi connectivity index (χ1n) is 9.33. The molecule has 0 atom stereocenters. The molecule has 30 heavy (non-hydrogen) atoms. The molecule has 2 heterocycles. The van der Waals surface area contributed by atoms with Gasteiger partial charge < -0.3 is 15.8 Å². The van der Waals surface area contributed by atoms with Crippen molar-refractivity contribution in [3.63, 3.8) is 0 Å². The number of rotatable bonds is 7. The molecular weight excluding hydrogens is 390 g/mol. The molecule has 0 bridgehead atoms. The molecule has 0 fully saturated rings. The number of hydrogen-bond donors (Lipinski definition) is 2. The van der Waals surface area contributed by atoms with Gasteiger partial charge in [0.1, 0.15) is 17.5 Å². The van der Waals surface area contributed by atoms with Crippen LogP contribution in [0.15, 0.2) is 48.5 Å². The number of nitrogens with one attached hydrogen (secondary N) is 1. The predicted molar refractivity (Wildman–Crippen MR) is 111 cm³/mol. The van der Waals surface area contributed by atoms with Crippen LogP contribution in [0.25, 0.3) is 22.3 Å².